The Morgan fingerprint density at radius 2 is 1.73 bits per heavy atom. The lowest BCUT2D eigenvalue weighted by atomic mass is 10.2. The normalized spacial score (nSPS) is 14.9. The first-order chi connectivity index (χ1) is 14.3. The number of rotatable bonds is 6. The number of carbonyl (C=O) groups is 2. The Kier molecular flexibility index (Phi) is 6.96. The number of nitrogens with zero attached hydrogens (tertiary/aromatic N) is 2. The van der Waals surface area contributed by atoms with Crippen LogP contribution in [0, 0.1) is 0 Å². The maximum atomic E-state index is 12.7. The number of esters is 1. The lowest BCUT2D eigenvalue weighted by molar-refractivity contribution is -0.130. The van der Waals surface area contributed by atoms with Gasteiger partial charge in [-0.25, -0.2) is 13.2 Å². The number of methoxy groups -OCH3 is 1. The van der Waals surface area contributed by atoms with Crippen molar-refractivity contribution >= 4 is 39.2 Å². The van der Waals surface area contributed by atoms with Crippen LogP contribution >= 0.6 is 11.6 Å². The molecule has 1 amide bonds. The summed E-state index contributed by atoms with van der Waals surface area (Å²) in [6.07, 6.45) is 0. The summed E-state index contributed by atoms with van der Waals surface area (Å²) in [6, 6.07) is 13.0. The summed E-state index contributed by atoms with van der Waals surface area (Å²) < 4.78 is 31.4. The molecule has 0 unspecified atom stereocenters. The molecule has 0 spiro atoms. The van der Waals surface area contributed by atoms with Gasteiger partial charge in [0.05, 0.1) is 29.1 Å². The molecular formula is C20H22ClN3O5S. The summed E-state index contributed by atoms with van der Waals surface area (Å²) in [5, 5.41) is 3.22. The zero-order chi connectivity index (χ0) is 21.7. The minimum Gasteiger partial charge on any atom is -0.465 e. The highest BCUT2D eigenvalue weighted by Gasteiger charge is 2.29. The second kappa shape index (κ2) is 9.46. The third kappa shape index (κ3) is 4.92. The van der Waals surface area contributed by atoms with Gasteiger partial charge in [-0.15, -0.1) is 0 Å². The largest absolute Gasteiger partial charge is 0.465 e. The fourth-order valence-corrected chi connectivity index (χ4v) is 4.75. The molecule has 1 fully saturated rings. The van der Waals surface area contributed by atoms with Gasteiger partial charge in [-0.1, -0.05) is 29.8 Å². The van der Waals surface area contributed by atoms with Crippen molar-refractivity contribution in [1.82, 2.24) is 9.21 Å². The predicted molar refractivity (Wildman–Crippen MR) is 113 cm³/mol. The van der Waals surface area contributed by atoms with E-state index in [9.17, 15) is 18.0 Å². The van der Waals surface area contributed by atoms with Crippen LogP contribution in [-0.2, 0) is 19.6 Å². The molecule has 0 aromatic heterocycles. The summed E-state index contributed by atoms with van der Waals surface area (Å²) in [7, 11) is -2.30. The van der Waals surface area contributed by atoms with E-state index in [1.165, 1.54) is 17.5 Å². The zero-order valence-electron chi connectivity index (χ0n) is 16.4. The smallest absolute Gasteiger partial charge is 0.339 e. The highest BCUT2D eigenvalue weighted by molar-refractivity contribution is 7.89. The van der Waals surface area contributed by atoms with Crippen LogP contribution in [0.25, 0.3) is 0 Å². The first-order valence-corrected chi connectivity index (χ1v) is 11.1. The number of ether oxygens (including phenoxy) is 1. The van der Waals surface area contributed by atoms with Crippen LogP contribution in [0.4, 0.5) is 5.69 Å². The molecule has 0 radical (unpaired) electrons. The molecule has 2 aromatic carbocycles. The number of carbonyl (C=O) groups excluding carboxylic acids is 2. The highest BCUT2D eigenvalue weighted by Crippen LogP contribution is 2.21. The number of benzene rings is 2. The molecule has 0 saturated carbocycles. The van der Waals surface area contributed by atoms with Crippen LogP contribution in [-0.4, -0.2) is 69.3 Å². The Morgan fingerprint density at radius 3 is 2.37 bits per heavy atom. The number of sulfonamides is 1. The van der Waals surface area contributed by atoms with Gasteiger partial charge in [0.15, 0.2) is 0 Å². The summed E-state index contributed by atoms with van der Waals surface area (Å²) in [4.78, 5) is 26.1. The first kappa shape index (κ1) is 22.1. The number of hydrogen-bond acceptors (Lipinski definition) is 6. The lowest BCUT2D eigenvalue weighted by Gasteiger charge is -2.34. The van der Waals surface area contributed by atoms with Gasteiger partial charge in [-0.3, -0.25) is 4.79 Å². The van der Waals surface area contributed by atoms with E-state index in [0.29, 0.717) is 18.8 Å². The van der Waals surface area contributed by atoms with E-state index in [2.05, 4.69) is 10.1 Å². The molecule has 2 aromatic rings. The van der Waals surface area contributed by atoms with E-state index in [1.54, 1.807) is 47.4 Å². The van der Waals surface area contributed by atoms with Crippen molar-refractivity contribution in [3.05, 3.63) is 59.1 Å². The molecule has 8 nitrogen and oxygen atoms in total. The summed E-state index contributed by atoms with van der Waals surface area (Å²) in [6.45, 7) is 1.09. The Hall–Kier alpha value is -2.62. The molecule has 0 atom stereocenters. The molecule has 30 heavy (non-hydrogen) atoms. The highest BCUT2D eigenvalue weighted by atomic mass is 35.5. The van der Waals surface area contributed by atoms with Crippen LogP contribution < -0.4 is 5.32 Å². The van der Waals surface area contributed by atoms with Crippen LogP contribution in [0.2, 0.25) is 5.02 Å². The van der Waals surface area contributed by atoms with E-state index >= 15 is 0 Å². The van der Waals surface area contributed by atoms with E-state index in [1.807, 2.05) is 0 Å². The molecule has 1 aliphatic heterocycles. The molecule has 1 aliphatic rings. The van der Waals surface area contributed by atoms with E-state index in [4.69, 9.17) is 11.6 Å². The Balaban J connectivity index is 1.56. The topological polar surface area (TPSA) is 96.0 Å². The molecular weight excluding hydrogens is 430 g/mol. The number of nitrogens with one attached hydrogen (secondary N) is 1. The van der Waals surface area contributed by atoms with Crippen molar-refractivity contribution in [1.29, 1.82) is 0 Å². The van der Waals surface area contributed by atoms with Gasteiger partial charge in [-0.05, 0) is 30.3 Å². The van der Waals surface area contributed by atoms with Crippen molar-refractivity contribution in [2.75, 3.05) is 45.2 Å². The molecule has 1 heterocycles. The molecule has 0 bridgehead atoms. The van der Waals surface area contributed by atoms with Crippen molar-refractivity contribution < 1.29 is 22.7 Å². The Bertz CT molecular complexity index is 1020. The fourth-order valence-electron chi connectivity index (χ4n) is 3.11. The molecule has 0 aliphatic carbocycles. The van der Waals surface area contributed by atoms with Gasteiger partial charge < -0.3 is 15.0 Å². The zero-order valence-corrected chi connectivity index (χ0v) is 17.9. The van der Waals surface area contributed by atoms with Crippen molar-refractivity contribution in [3.8, 4) is 0 Å². The maximum absolute atomic E-state index is 12.7. The van der Waals surface area contributed by atoms with Gasteiger partial charge in [0.1, 0.15) is 0 Å². The number of amides is 1. The molecule has 1 saturated heterocycles. The second-order valence-electron chi connectivity index (χ2n) is 6.64. The minimum atomic E-state index is -3.56. The average molecular weight is 452 g/mol. The fraction of sp³-hybridized carbons (Fsp3) is 0.300. The number of piperazine rings is 1. The standard InChI is InChI=1S/C20H22ClN3O5S/c1-29-20(26)17-13-15(7-8-18(17)21)22-14-19(25)23-9-11-24(12-10-23)30(27,28)16-5-3-2-4-6-16/h2-8,13,22H,9-12,14H2,1H3. The van der Waals surface area contributed by atoms with Crippen molar-refractivity contribution in [2.24, 2.45) is 0 Å². The molecule has 3 rings (SSSR count). The summed E-state index contributed by atoms with van der Waals surface area (Å²) >= 11 is 5.99. The number of hydrogen-bond donors (Lipinski definition) is 1. The van der Waals surface area contributed by atoms with Crippen molar-refractivity contribution in [3.63, 3.8) is 0 Å². The van der Waals surface area contributed by atoms with Crippen LogP contribution in [0.3, 0.4) is 0 Å². The Morgan fingerprint density at radius 1 is 1.07 bits per heavy atom. The number of halogens is 1. The van der Waals surface area contributed by atoms with Gasteiger partial charge in [0, 0.05) is 31.9 Å². The van der Waals surface area contributed by atoms with E-state index in [0.717, 1.165) is 0 Å². The van der Waals surface area contributed by atoms with Crippen LogP contribution in [0.5, 0.6) is 0 Å². The van der Waals surface area contributed by atoms with Gasteiger partial charge in [0.2, 0.25) is 15.9 Å². The van der Waals surface area contributed by atoms with Crippen LogP contribution in [0.1, 0.15) is 10.4 Å². The predicted octanol–water partition coefficient (Wildman–Crippen LogP) is 2.07. The SMILES string of the molecule is COC(=O)c1cc(NCC(=O)N2CCN(S(=O)(=O)c3ccccc3)CC2)ccc1Cl. The second-order valence-corrected chi connectivity index (χ2v) is 8.98. The third-order valence-corrected chi connectivity index (χ3v) is 7.03. The van der Waals surface area contributed by atoms with Gasteiger partial charge >= 0.3 is 5.97 Å². The third-order valence-electron chi connectivity index (χ3n) is 4.79. The Labute approximate surface area is 180 Å². The molecule has 160 valence electrons. The monoisotopic (exact) mass is 451 g/mol. The average Bonchev–Trinajstić information content (AvgIpc) is 2.78. The van der Waals surface area contributed by atoms with E-state index < -0.39 is 16.0 Å². The number of anilines is 1. The maximum Gasteiger partial charge on any atom is 0.339 e. The minimum absolute atomic E-state index is 0.00762. The van der Waals surface area contributed by atoms with Gasteiger partial charge in [-0.2, -0.15) is 4.31 Å². The molecule has 10 heteroatoms. The van der Waals surface area contributed by atoms with Crippen molar-refractivity contribution in [2.45, 2.75) is 4.90 Å². The van der Waals surface area contributed by atoms with E-state index in [-0.39, 0.29) is 41.0 Å². The summed E-state index contributed by atoms with van der Waals surface area (Å²) in [5.41, 5.74) is 0.759. The summed E-state index contributed by atoms with van der Waals surface area (Å²) in [5.74, 6) is -0.730. The lowest BCUT2D eigenvalue weighted by Crippen LogP contribution is -2.51. The van der Waals surface area contributed by atoms with Gasteiger partial charge in [0.25, 0.3) is 0 Å². The van der Waals surface area contributed by atoms with Crippen LogP contribution in [0.15, 0.2) is 53.4 Å². The quantitative estimate of drug-likeness (QED) is 0.675. The first-order valence-electron chi connectivity index (χ1n) is 9.27. The molecule has 1 N–H and O–H groups in total.